The third kappa shape index (κ3) is 3.04. The van der Waals surface area contributed by atoms with Crippen LogP contribution in [-0.2, 0) is 10.9 Å². The molecule has 3 aromatic rings. The number of ether oxygens (including phenoxy) is 1. The van der Waals surface area contributed by atoms with Gasteiger partial charge in [-0.05, 0) is 30.7 Å². The highest BCUT2D eigenvalue weighted by Gasteiger charge is 2.34. The Kier molecular flexibility index (Phi) is 4.64. The van der Waals surface area contributed by atoms with Gasteiger partial charge in [-0.2, -0.15) is 13.2 Å². The fourth-order valence-corrected chi connectivity index (χ4v) is 3.61. The van der Waals surface area contributed by atoms with Crippen LogP contribution in [-0.4, -0.2) is 33.8 Å². The number of alkyl halides is 3. The molecule has 3 heterocycles. The van der Waals surface area contributed by atoms with Crippen molar-refractivity contribution in [1.82, 2.24) is 9.55 Å². The van der Waals surface area contributed by atoms with Crippen LogP contribution in [0, 0.1) is 0 Å². The van der Waals surface area contributed by atoms with Crippen LogP contribution in [0.1, 0.15) is 34.6 Å². The maximum Gasteiger partial charge on any atom is 0.433 e. The Morgan fingerprint density at radius 1 is 1.33 bits per heavy atom. The fourth-order valence-electron chi connectivity index (χ4n) is 3.61. The zero-order valence-electron chi connectivity index (χ0n) is 15.7. The van der Waals surface area contributed by atoms with Crippen molar-refractivity contribution in [3.05, 3.63) is 63.7 Å². The summed E-state index contributed by atoms with van der Waals surface area (Å²) in [4.78, 5) is 29.0. The van der Waals surface area contributed by atoms with Crippen LogP contribution in [0.4, 0.5) is 18.9 Å². The topological polar surface area (TPSA) is 93.5 Å². The summed E-state index contributed by atoms with van der Waals surface area (Å²) in [6.45, 7) is 1.74. The van der Waals surface area contributed by atoms with Crippen molar-refractivity contribution in [3.8, 4) is 5.75 Å². The van der Waals surface area contributed by atoms with E-state index in [4.69, 9.17) is 4.74 Å². The minimum Gasteiger partial charge on any atom is -0.506 e. The van der Waals surface area contributed by atoms with Crippen molar-refractivity contribution >= 4 is 22.6 Å². The summed E-state index contributed by atoms with van der Waals surface area (Å²) in [5, 5.41) is 14.0. The first-order valence-electron chi connectivity index (χ1n) is 9.08. The first kappa shape index (κ1) is 19.7. The van der Waals surface area contributed by atoms with E-state index in [-0.39, 0.29) is 18.5 Å². The van der Waals surface area contributed by atoms with Crippen LogP contribution in [0.15, 0.2) is 41.3 Å². The number of pyridine rings is 2. The summed E-state index contributed by atoms with van der Waals surface area (Å²) in [5.41, 5.74) is -1.14. The summed E-state index contributed by atoms with van der Waals surface area (Å²) < 4.78 is 44.8. The molecule has 0 radical (unpaired) electrons. The van der Waals surface area contributed by atoms with Crippen molar-refractivity contribution in [1.29, 1.82) is 0 Å². The summed E-state index contributed by atoms with van der Waals surface area (Å²) in [6.07, 6.45) is -3.53. The number of aromatic nitrogens is 2. The minimum absolute atomic E-state index is 0.00357. The van der Waals surface area contributed by atoms with E-state index >= 15 is 0 Å². The van der Waals surface area contributed by atoms with Crippen molar-refractivity contribution in [2.45, 2.75) is 19.1 Å². The molecule has 7 nitrogen and oxygen atoms in total. The number of anilines is 1. The maximum atomic E-state index is 13.2. The molecular formula is C20H16F3N3O4. The largest absolute Gasteiger partial charge is 0.506 e. The van der Waals surface area contributed by atoms with Gasteiger partial charge in [-0.1, -0.05) is 12.1 Å². The Hall–Kier alpha value is -3.56. The molecule has 4 rings (SSSR count). The van der Waals surface area contributed by atoms with Crippen molar-refractivity contribution < 1.29 is 27.8 Å². The molecule has 30 heavy (non-hydrogen) atoms. The molecule has 0 bridgehead atoms. The molecule has 156 valence electrons. The van der Waals surface area contributed by atoms with E-state index in [1.165, 1.54) is 10.6 Å². The standard InChI is InChI=1S/C20H16F3N3O4/c1-2-30-19(29)15-17(27)11-4-3-5-12-16(11)26(18(15)28)13(9-24-12)10-6-7-14(25-8-10)20(21,22)23/h3-8,13,24,27H,2,9H2,1H3. The van der Waals surface area contributed by atoms with Gasteiger partial charge in [0.05, 0.1) is 23.9 Å². The van der Waals surface area contributed by atoms with Crippen LogP contribution in [0.5, 0.6) is 5.75 Å². The van der Waals surface area contributed by atoms with Crippen LogP contribution in [0.25, 0.3) is 10.9 Å². The highest BCUT2D eigenvalue weighted by molar-refractivity contribution is 6.03. The molecule has 1 aromatic carbocycles. The van der Waals surface area contributed by atoms with Crippen molar-refractivity contribution in [2.75, 3.05) is 18.5 Å². The number of esters is 1. The smallest absolute Gasteiger partial charge is 0.433 e. The molecule has 1 aliphatic rings. The van der Waals surface area contributed by atoms with Gasteiger partial charge in [0, 0.05) is 18.1 Å². The number of aromatic hydroxyl groups is 1. The van der Waals surface area contributed by atoms with Gasteiger partial charge in [-0.3, -0.25) is 14.3 Å². The second kappa shape index (κ2) is 7.05. The predicted octanol–water partition coefficient (Wildman–Crippen LogP) is 3.31. The second-order valence-electron chi connectivity index (χ2n) is 6.69. The first-order valence-corrected chi connectivity index (χ1v) is 9.08. The van der Waals surface area contributed by atoms with Gasteiger partial charge >= 0.3 is 12.1 Å². The zero-order valence-corrected chi connectivity index (χ0v) is 15.7. The Bertz CT molecular complexity index is 1200. The molecule has 0 fully saturated rings. The van der Waals surface area contributed by atoms with E-state index in [1.54, 1.807) is 25.1 Å². The van der Waals surface area contributed by atoms with E-state index in [0.29, 0.717) is 16.8 Å². The molecule has 10 heteroatoms. The summed E-state index contributed by atoms with van der Waals surface area (Å²) in [7, 11) is 0. The number of para-hydroxylation sites is 1. The number of carbonyl (C=O) groups excluding carboxylic acids is 1. The van der Waals surface area contributed by atoms with E-state index < -0.39 is 40.8 Å². The number of rotatable bonds is 3. The Balaban J connectivity index is 1.96. The molecule has 1 unspecified atom stereocenters. The Morgan fingerprint density at radius 2 is 2.10 bits per heavy atom. The van der Waals surface area contributed by atoms with E-state index in [2.05, 4.69) is 10.3 Å². The van der Waals surface area contributed by atoms with Gasteiger partial charge in [-0.15, -0.1) is 0 Å². The predicted molar refractivity (Wildman–Crippen MR) is 102 cm³/mol. The third-order valence-corrected chi connectivity index (χ3v) is 4.94. The first-order chi connectivity index (χ1) is 14.2. The SMILES string of the molecule is CCOC(=O)c1c(O)c2cccc3c2n(c1=O)C(c1ccc(C(F)(F)F)nc1)CN3. The van der Waals surface area contributed by atoms with Crippen molar-refractivity contribution in [2.24, 2.45) is 0 Å². The normalized spacial score (nSPS) is 15.7. The summed E-state index contributed by atoms with van der Waals surface area (Å²) in [5.74, 6) is -1.47. The molecule has 0 aliphatic carbocycles. The monoisotopic (exact) mass is 419 g/mol. The second-order valence-corrected chi connectivity index (χ2v) is 6.69. The van der Waals surface area contributed by atoms with Gasteiger partial charge in [0.25, 0.3) is 5.56 Å². The number of carbonyl (C=O) groups is 1. The number of benzene rings is 1. The quantitative estimate of drug-likeness (QED) is 0.633. The lowest BCUT2D eigenvalue weighted by Gasteiger charge is -2.30. The molecule has 2 aromatic heterocycles. The molecule has 0 amide bonds. The van der Waals surface area contributed by atoms with Crippen LogP contribution in [0.2, 0.25) is 0 Å². The molecule has 0 saturated carbocycles. The molecular weight excluding hydrogens is 403 g/mol. The summed E-state index contributed by atoms with van der Waals surface area (Å²) >= 11 is 0. The average molecular weight is 419 g/mol. The molecule has 0 spiro atoms. The number of hydrogen-bond acceptors (Lipinski definition) is 6. The fraction of sp³-hybridized carbons (Fsp3) is 0.250. The Labute approximate surface area is 167 Å². The number of nitrogens with one attached hydrogen (secondary N) is 1. The highest BCUT2D eigenvalue weighted by Crippen LogP contribution is 2.37. The van der Waals surface area contributed by atoms with Crippen LogP contribution >= 0.6 is 0 Å². The van der Waals surface area contributed by atoms with Crippen molar-refractivity contribution in [3.63, 3.8) is 0 Å². The van der Waals surface area contributed by atoms with E-state index in [9.17, 15) is 27.9 Å². The van der Waals surface area contributed by atoms with Gasteiger partial charge in [0.1, 0.15) is 11.4 Å². The van der Waals surface area contributed by atoms with Gasteiger partial charge in [0.15, 0.2) is 5.56 Å². The number of nitrogens with zero attached hydrogens (tertiary/aromatic N) is 2. The lowest BCUT2D eigenvalue weighted by atomic mass is 10.0. The number of halogens is 3. The lowest BCUT2D eigenvalue weighted by Crippen LogP contribution is -2.37. The van der Waals surface area contributed by atoms with Crippen LogP contribution < -0.4 is 10.9 Å². The van der Waals surface area contributed by atoms with E-state index in [1.807, 2.05) is 0 Å². The van der Waals surface area contributed by atoms with E-state index in [0.717, 1.165) is 12.3 Å². The zero-order chi connectivity index (χ0) is 21.6. The molecule has 1 aliphatic heterocycles. The lowest BCUT2D eigenvalue weighted by molar-refractivity contribution is -0.141. The third-order valence-electron chi connectivity index (χ3n) is 4.94. The number of hydrogen-bond donors (Lipinski definition) is 2. The average Bonchev–Trinajstić information content (AvgIpc) is 2.71. The summed E-state index contributed by atoms with van der Waals surface area (Å²) in [6, 6.07) is 6.22. The molecule has 1 atom stereocenters. The minimum atomic E-state index is -4.59. The Morgan fingerprint density at radius 3 is 2.73 bits per heavy atom. The highest BCUT2D eigenvalue weighted by atomic mass is 19.4. The van der Waals surface area contributed by atoms with Crippen LogP contribution in [0.3, 0.4) is 0 Å². The maximum absolute atomic E-state index is 13.2. The molecule has 0 saturated heterocycles. The van der Waals surface area contributed by atoms with Gasteiger partial charge < -0.3 is 15.2 Å². The van der Waals surface area contributed by atoms with Gasteiger partial charge in [0.2, 0.25) is 0 Å². The van der Waals surface area contributed by atoms with Gasteiger partial charge in [-0.25, -0.2) is 4.79 Å². The molecule has 2 N–H and O–H groups in total.